The minimum Gasteiger partial charge on any atom is -0.350 e. The number of nitro benzene ring substituents is 1. The van der Waals surface area contributed by atoms with E-state index in [-0.39, 0.29) is 28.7 Å². The Bertz CT molecular complexity index is 1460. The van der Waals surface area contributed by atoms with Gasteiger partial charge in [0.05, 0.1) is 15.5 Å². The van der Waals surface area contributed by atoms with Crippen LogP contribution in [0.3, 0.4) is 0 Å². The first-order valence-electron chi connectivity index (χ1n) is 13.3. The summed E-state index contributed by atoms with van der Waals surface area (Å²) in [5.74, 6) is -0.961. The number of carbonyl (C=O) groups is 2. The van der Waals surface area contributed by atoms with E-state index in [0.717, 1.165) is 15.9 Å². The predicted octanol–water partition coefficient (Wildman–Crippen LogP) is 4.55. The van der Waals surface area contributed by atoms with E-state index in [0.29, 0.717) is 12.8 Å². The van der Waals surface area contributed by atoms with Crippen LogP contribution in [-0.2, 0) is 26.0 Å². The molecule has 0 spiro atoms. The van der Waals surface area contributed by atoms with Crippen molar-refractivity contribution < 1.29 is 22.9 Å². The SMILES string of the molecule is CCC(C(=O)NC(C)(C)C)N(CCc1ccccc1)C(=O)CN(c1cccc([N+](=O)[O-])c1)S(=O)(=O)c1ccccc1. The first-order valence-corrected chi connectivity index (χ1v) is 14.7. The second-order valence-electron chi connectivity index (χ2n) is 10.6. The van der Waals surface area contributed by atoms with Crippen LogP contribution in [0.1, 0.15) is 39.7 Å². The van der Waals surface area contributed by atoms with E-state index in [1.54, 1.807) is 25.1 Å². The van der Waals surface area contributed by atoms with E-state index in [9.17, 15) is 28.1 Å². The molecule has 0 bridgehead atoms. The van der Waals surface area contributed by atoms with E-state index < -0.39 is 39.0 Å². The van der Waals surface area contributed by atoms with Crippen molar-refractivity contribution in [3.05, 3.63) is 101 Å². The van der Waals surface area contributed by atoms with Gasteiger partial charge in [0.2, 0.25) is 11.8 Å². The van der Waals surface area contributed by atoms with Crippen LogP contribution in [0, 0.1) is 10.1 Å². The van der Waals surface area contributed by atoms with Gasteiger partial charge in [0.1, 0.15) is 12.6 Å². The summed E-state index contributed by atoms with van der Waals surface area (Å²) in [6, 6.07) is 21.3. The van der Waals surface area contributed by atoms with Crippen LogP contribution in [0.15, 0.2) is 89.8 Å². The van der Waals surface area contributed by atoms with Gasteiger partial charge in [-0.05, 0) is 57.4 Å². The number of rotatable bonds is 12. The van der Waals surface area contributed by atoms with Crippen molar-refractivity contribution in [1.29, 1.82) is 0 Å². The van der Waals surface area contributed by atoms with Crippen LogP contribution >= 0.6 is 0 Å². The lowest BCUT2D eigenvalue weighted by Gasteiger charge is -2.34. The molecule has 11 heteroatoms. The van der Waals surface area contributed by atoms with Crippen LogP contribution in [0.25, 0.3) is 0 Å². The highest BCUT2D eigenvalue weighted by Gasteiger charge is 2.34. The highest BCUT2D eigenvalue weighted by Crippen LogP contribution is 2.27. The number of carbonyl (C=O) groups excluding carboxylic acids is 2. The van der Waals surface area contributed by atoms with Gasteiger partial charge >= 0.3 is 0 Å². The normalized spacial score (nSPS) is 12.3. The maximum absolute atomic E-state index is 14.0. The first kappa shape index (κ1) is 31.3. The quantitative estimate of drug-likeness (QED) is 0.247. The zero-order chi connectivity index (χ0) is 30.2. The second-order valence-corrected chi connectivity index (χ2v) is 12.5. The first-order chi connectivity index (χ1) is 19.3. The Kier molecular flexibility index (Phi) is 10.2. The molecule has 3 aromatic rings. The van der Waals surface area contributed by atoms with Crippen molar-refractivity contribution >= 4 is 33.2 Å². The molecule has 1 atom stereocenters. The number of amides is 2. The van der Waals surface area contributed by atoms with E-state index in [1.807, 2.05) is 51.1 Å². The van der Waals surface area contributed by atoms with E-state index in [4.69, 9.17) is 0 Å². The third kappa shape index (κ3) is 8.37. The molecule has 1 unspecified atom stereocenters. The minimum absolute atomic E-state index is 0.0356. The van der Waals surface area contributed by atoms with Crippen LogP contribution in [0.2, 0.25) is 0 Å². The van der Waals surface area contributed by atoms with Crippen molar-refractivity contribution in [2.24, 2.45) is 0 Å². The smallest absolute Gasteiger partial charge is 0.271 e. The molecule has 41 heavy (non-hydrogen) atoms. The third-order valence-corrected chi connectivity index (χ3v) is 8.10. The Labute approximate surface area is 241 Å². The standard InChI is InChI=1S/C30H36N4O6S/c1-5-27(29(36)31-30(2,3)4)32(20-19-23-13-8-6-9-14-23)28(35)22-33(24-15-12-16-25(21-24)34(37)38)41(39,40)26-17-10-7-11-18-26/h6-18,21,27H,5,19-20,22H2,1-4H3,(H,31,36). The topological polar surface area (TPSA) is 130 Å². The highest BCUT2D eigenvalue weighted by molar-refractivity contribution is 7.92. The number of nitrogens with zero attached hydrogens (tertiary/aromatic N) is 3. The Hall–Kier alpha value is -4.25. The summed E-state index contributed by atoms with van der Waals surface area (Å²) >= 11 is 0. The maximum atomic E-state index is 14.0. The molecular formula is C30H36N4O6S. The number of nitrogens with one attached hydrogen (secondary N) is 1. The lowest BCUT2D eigenvalue weighted by Crippen LogP contribution is -2.56. The van der Waals surface area contributed by atoms with Crippen molar-refractivity contribution in [2.45, 2.75) is 57.0 Å². The number of hydrogen-bond acceptors (Lipinski definition) is 6. The second kappa shape index (κ2) is 13.4. The van der Waals surface area contributed by atoms with Gasteiger partial charge in [-0.15, -0.1) is 0 Å². The van der Waals surface area contributed by atoms with Crippen LogP contribution < -0.4 is 9.62 Å². The van der Waals surface area contributed by atoms with Gasteiger partial charge in [-0.3, -0.25) is 24.0 Å². The summed E-state index contributed by atoms with van der Waals surface area (Å²) < 4.78 is 28.5. The molecule has 2 amide bonds. The fraction of sp³-hybridized carbons (Fsp3) is 0.333. The lowest BCUT2D eigenvalue weighted by molar-refractivity contribution is -0.384. The summed E-state index contributed by atoms with van der Waals surface area (Å²) in [5, 5.41) is 14.4. The average molecular weight is 581 g/mol. The monoisotopic (exact) mass is 580 g/mol. The molecular weight excluding hydrogens is 544 g/mol. The van der Waals surface area contributed by atoms with Crippen LogP contribution in [-0.4, -0.2) is 54.7 Å². The minimum atomic E-state index is -4.31. The Morgan fingerprint density at radius 2 is 1.56 bits per heavy atom. The van der Waals surface area contributed by atoms with Gasteiger partial charge in [0.15, 0.2) is 0 Å². The summed E-state index contributed by atoms with van der Waals surface area (Å²) in [4.78, 5) is 39.5. The van der Waals surface area contributed by atoms with Crippen molar-refractivity contribution in [2.75, 3.05) is 17.4 Å². The molecule has 1 N–H and O–H groups in total. The summed E-state index contributed by atoms with van der Waals surface area (Å²) in [6.45, 7) is 6.80. The molecule has 3 rings (SSSR count). The van der Waals surface area contributed by atoms with E-state index in [2.05, 4.69) is 5.32 Å². The molecule has 0 saturated carbocycles. The van der Waals surface area contributed by atoms with Gasteiger partial charge in [-0.1, -0.05) is 61.5 Å². The number of nitro groups is 1. The maximum Gasteiger partial charge on any atom is 0.271 e. The summed E-state index contributed by atoms with van der Waals surface area (Å²) in [7, 11) is -4.31. The highest BCUT2D eigenvalue weighted by atomic mass is 32.2. The van der Waals surface area contributed by atoms with Crippen LogP contribution in [0.4, 0.5) is 11.4 Å². The van der Waals surface area contributed by atoms with Gasteiger partial charge < -0.3 is 10.2 Å². The van der Waals surface area contributed by atoms with Gasteiger partial charge in [0.25, 0.3) is 15.7 Å². The molecule has 0 aliphatic heterocycles. The van der Waals surface area contributed by atoms with Gasteiger partial charge in [-0.25, -0.2) is 8.42 Å². The number of non-ortho nitro benzene ring substituents is 1. The summed E-state index contributed by atoms with van der Waals surface area (Å²) in [6.07, 6.45) is 0.735. The third-order valence-electron chi connectivity index (χ3n) is 6.31. The average Bonchev–Trinajstić information content (AvgIpc) is 2.93. The molecule has 0 aromatic heterocycles. The number of hydrogen-bond donors (Lipinski definition) is 1. The molecule has 0 heterocycles. The fourth-order valence-corrected chi connectivity index (χ4v) is 5.79. The molecule has 3 aromatic carbocycles. The zero-order valence-electron chi connectivity index (χ0n) is 23.7. The van der Waals surface area contributed by atoms with Crippen molar-refractivity contribution in [3.8, 4) is 0 Å². The molecule has 0 radical (unpaired) electrons. The van der Waals surface area contributed by atoms with Crippen molar-refractivity contribution in [1.82, 2.24) is 10.2 Å². The van der Waals surface area contributed by atoms with Crippen LogP contribution in [0.5, 0.6) is 0 Å². The number of anilines is 1. The van der Waals surface area contributed by atoms with Gasteiger partial charge in [0, 0.05) is 24.2 Å². The van der Waals surface area contributed by atoms with E-state index >= 15 is 0 Å². The largest absolute Gasteiger partial charge is 0.350 e. The van der Waals surface area contributed by atoms with Gasteiger partial charge in [-0.2, -0.15) is 0 Å². The lowest BCUT2D eigenvalue weighted by atomic mass is 10.1. The Balaban J connectivity index is 2.05. The molecule has 0 aliphatic carbocycles. The molecule has 218 valence electrons. The Morgan fingerprint density at radius 3 is 2.12 bits per heavy atom. The van der Waals surface area contributed by atoms with Crippen molar-refractivity contribution in [3.63, 3.8) is 0 Å². The predicted molar refractivity (Wildman–Crippen MR) is 158 cm³/mol. The van der Waals surface area contributed by atoms with E-state index in [1.165, 1.54) is 35.2 Å². The Morgan fingerprint density at radius 1 is 0.951 bits per heavy atom. The molecule has 0 fully saturated rings. The summed E-state index contributed by atoms with van der Waals surface area (Å²) in [5.41, 5.74) is 0.0418. The molecule has 0 saturated heterocycles. The number of benzene rings is 3. The fourth-order valence-electron chi connectivity index (χ4n) is 4.36. The number of sulfonamides is 1. The molecule has 10 nitrogen and oxygen atoms in total. The molecule has 0 aliphatic rings. The zero-order valence-corrected chi connectivity index (χ0v) is 24.5.